The zero-order valence-electron chi connectivity index (χ0n) is 13.2. The summed E-state index contributed by atoms with van der Waals surface area (Å²) in [5.74, 6) is 1.96. The van der Waals surface area contributed by atoms with Crippen molar-refractivity contribution in [3.8, 4) is 5.75 Å². The minimum atomic E-state index is 0.115. The van der Waals surface area contributed by atoms with Gasteiger partial charge < -0.3 is 15.4 Å². The maximum atomic E-state index is 11.7. The van der Waals surface area contributed by atoms with Crippen molar-refractivity contribution in [3.63, 3.8) is 0 Å². The monoisotopic (exact) mass is 290 g/mol. The lowest BCUT2D eigenvalue weighted by molar-refractivity contribution is -0.121. The Morgan fingerprint density at radius 1 is 1.38 bits per heavy atom. The second-order valence-corrected chi connectivity index (χ2v) is 6.21. The molecule has 0 bridgehead atoms. The van der Waals surface area contributed by atoms with Crippen molar-refractivity contribution in [1.82, 2.24) is 10.6 Å². The third-order valence-electron chi connectivity index (χ3n) is 3.75. The van der Waals surface area contributed by atoms with Gasteiger partial charge in [0.25, 0.3) is 0 Å². The van der Waals surface area contributed by atoms with E-state index in [-0.39, 0.29) is 11.9 Å². The quantitative estimate of drug-likeness (QED) is 0.846. The molecular formula is C17H26N2O2. The van der Waals surface area contributed by atoms with Crippen LogP contribution in [-0.4, -0.2) is 25.6 Å². The summed E-state index contributed by atoms with van der Waals surface area (Å²) in [6, 6.07) is 8.38. The standard InChI is InChI=1S/C17H26N2O2/c1-12(2)10-19-16(20)8-9-18-17-13(3)11-21-15-7-5-4-6-14(15)17/h4-7,12-13,17-18H,8-11H2,1-3H3,(H,19,20). The Hall–Kier alpha value is -1.55. The molecule has 1 aliphatic rings. The molecule has 116 valence electrons. The molecule has 4 nitrogen and oxygen atoms in total. The van der Waals surface area contributed by atoms with Gasteiger partial charge in [-0.05, 0) is 12.0 Å². The highest BCUT2D eigenvalue weighted by Crippen LogP contribution is 2.34. The van der Waals surface area contributed by atoms with E-state index in [1.165, 1.54) is 5.56 Å². The first-order chi connectivity index (χ1) is 10.1. The maximum Gasteiger partial charge on any atom is 0.221 e. The predicted octanol–water partition coefficient (Wildman–Crippen LogP) is 2.51. The molecular weight excluding hydrogens is 264 g/mol. The molecule has 1 heterocycles. The number of benzene rings is 1. The SMILES string of the molecule is CC(C)CNC(=O)CCNC1c2ccccc2OCC1C. The van der Waals surface area contributed by atoms with E-state index in [4.69, 9.17) is 4.74 Å². The lowest BCUT2D eigenvalue weighted by Crippen LogP contribution is -2.36. The van der Waals surface area contributed by atoms with Crippen molar-refractivity contribution < 1.29 is 9.53 Å². The van der Waals surface area contributed by atoms with E-state index in [1.807, 2.05) is 18.2 Å². The van der Waals surface area contributed by atoms with Gasteiger partial charge in [-0.3, -0.25) is 4.79 Å². The van der Waals surface area contributed by atoms with Crippen LogP contribution in [0, 0.1) is 11.8 Å². The molecule has 0 fully saturated rings. The van der Waals surface area contributed by atoms with Gasteiger partial charge in [-0.2, -0.15) is 0 Å². The average Bonchev–Trinajstić information content (AvgIpc) is 2.47. The highest BCUT2D eigenvalue weighted by atomic mass is 16.5. The molecule has 0 aliphatic carbocycles. The Morgan fingerprint density at radius 3 is 2.90 bits per heavy atom. The molecule has 1 aromatic carbocycles. The second kappa shape index (κ2) is 7.46. The Labute approximate surface area is 127 Å². The van der Waals surface area contributed by atoms with Gasteiger partial charge in [0.1, 0.15) is 5.75 Å². The predicted molar refractivity (Wildman–Crippen MR) is 84.3 cm³/mol. The number of fused-ring (bicyclic) bond motifs is 1. The van der Waals surface area contributed by atoms with E-state index in [0.29, 0.717) is 31.4 Å². The van der Waals surface area contributed by atoms with E-state index >= 15 is 0 Å². The largest absolute Gasteiger partial charge is 0.493 e. The molecule has 2 rings (SSSR count). The Balaban J connectivity index is 1.84. The van der Waals surface area contributed by atoms with Gasteiger partial charge in [-0.15, -0.1) is 0 Å². The van der Waals surface area contributed by atoms with Crippen LogP contribution in [0.15, 0.2) is 24.3 Å². The molecule has 2 N–H and O–H groups in total. The zero-order chi connectivity index (χ0) is 15.2. The minimum absolute atomic E-state index is 0.115. The number of ether oxygens (including phenoxy) is 1. The summed E-state index contributed by atoms with van der Waals surface area (Å²) < 4.78 is 5.74. The van der Waals surface area contributed by atoms with Crippen molar-refractivity contribution in [2.24, 2.45) is 11.8 Å². The van der Waals surface area contributed by atoms with Gasteiger partial charge in [0.05, 0.1) is 6.61 Å². The number of amides is 1. The zero-order valence-corrected chi connectivity index (χ0v) is 13.2. The number of hydrogen-bond acceptors (Lipinski definition) is 3. The van der Waals surface area contributed by atoms with Gasteiger partial charge in [-0.1, -0.05) is 39.0 Å². The van der Waals surface area contributed by atoms with Gasteiger partial charge in [0, 0.05) is 37.0 Å². The van der Waals surface area contributed by atoms with Crippen molar-refractivity contribution in [1.29, 1.82) is 0 Å². The fraction of sp³-hybridized carbons (Fsp3) is 0.588. The molecule has 1 aliphatic heterocycles. The smallest absolute Gasteiger partial charge is 0.221 e. The molecule has 1 amide bonds. The Morgan fingerprint density at radius 2 is 2.14 bits per heavy atom. The molecule has 0 aromatic heterocycles. The first-order valence-electron chi connectivity index (χ1n) is 7.79. The summed E-state index contributed by atoms with van der Waals surface area (Å²) >= 11 is 0. The topological polar surface area (TPSA) is 50.4 Å². The van der Waals surface area contributed by atoms with Crippen molar-refractivity contribution in [2.45, 2.75) is 33.2 Å². The summed E-state index contributed by atoms with van der Waals surface area (Å²) in [5.41, 5.74) is 1.19. The number of hydrogen-bond donors (Lipinski definition) is 2. The molecule has 0 saturated heterocycles. The van der Waals surface area contributed by atoms with Crippen molar-refractivity contribution >= 4 is 5.91 Å². The van der Waals surface area contributed by atoms with E-state index in [0.717, 1.165) is 12.3 Å². The lowest BCUT2D eigenvalue weighted by Gasteiger charge is -2.32. The van der Waals surface area contributed by atoms with Crippen LogP contribution >= 0.6 is 0 Å². The van der Waals surface area contributed by atoms with Gasteiger partial charge in [0.15, 0.2) is 0 Å². The van der Waals surface area contributed by atoms with Crippen LogP contribution in [0.5, 0.6) is 5.75 Å². The van der Waals surface area contributed by atoms with E-state index in [1.54, 1.807) is 0 Å². The highest BCUT2D eigenvalue weighted by Gasteiger charge is 2.27. The summed E-state index contributed by atoms with van der Waals surface area (Å²) in [6.07, 6.45) is 0.513. The molecule has 21 heavy (non-hydrogen) atoms. The summed E-state index contributed by atoms with van der Waals surface area (Å²) in [5, 5.41) is 6.45. The van der Waals surface area contributed by atoms with E-state index < -0.39 is 0 Å². The number of para-hydroxylation sites is 1. The molecule has 0 saturated carbocycles. The van der Waals surface area contributed by atoms with Crippen molar-refractivity contribution in [2.75, 3.05) is 19.7 Å². The maximum absolute atomic E-state index is 11.7. The Kier molecular flexibility index (Phi) is 5.62. The van der Waals surface area contributed by atoms with Crippen LogP contribution in [0.2, 0.25) is 0 Å². The third-order valence-corrected chi connectivity index (χ3v) is 3.75. The van der Waals surface area contributed by atoms with E-state index in [2.05, 4.69) is 37.5 Å². The van der Waals surface area contributed by atoms with Crippen molar-refractivity contribution in [3.05, 3.63) is 29.8 Å². The summed E-state index contributed by atoms with van der Waals surface area (Å²) in [7, 11) is 0. The van der Waals surface area contributed by atoms with Crippen LogP contribution in [0.25, 0.3) is 0 Å². The van der Waals surface area contributed by atoms with Crippen LogP contribution in [-0.2, 0) is 4.79 Å². The number of carbonyl (C=O) groups excluding carboxylic acids is 1. The number of nitrogens with one attached hydrogen (secondary N) is 2. The van der Waals surface area contributed by atoms with Crippen LogP contribution in [0.1, 0.15) is 38.8 Å². The number of carbonyl (C=O) groups is 1. The number of rotatable bonds is 6. The molecule has 0 radical (unpaired) electrons. The lowest BCUT2D eigenvalue weighted by atomic mass is 9.92. The summed E-state index contributed by atoms with van der Waals surface area (Å²) in [6.45, 7) is 8.52. The molecule has 2 atom stereocenters. The molecule has 2 unspecified atom stereocenters. The van der Waals surface area contributed by atoms with E-state index in [9.17, 15) is 4.79 Å². The average molecular weight is 290 g/mol. The summed E-state index contributed by atoms with van der Waals surface area (Å²) in [4.78, 5) is 11.7. The first-order valence-corrected chi connectivity index (χ1v) is 7.79. The van der Waals surface area contributed by atoms with Gasteiger partial charge >= 0.3 is 0 Å². The minimum Gasteiger partial charge on any atom is -0.493 e. The molecule has 1 aromatic rings. The van der Waals surface area contributed by atoms with Crippen LogP contribution in [0.3, 0.4) is 0 Å². The normalized spacial score (nSPS) is 20.8. The Bertz CT molecular complexity index is 474. The highest BCUT2D eigenvalue weighted by molar-refractivity contribution is 5.76. The van der Waals surface area contributed by atoms with Crippen LogP contribution in [0.4, 0.5) is 0 Å². The van der Waals surface area contributed by atoms with Crippen LogP contribution < -0.4 is 15.4 Å². The second-order valence-electron chi connectivity index (χ2n) is 6.21. The van der Waals surface area contributed by atoms with Gasteiger partial charge in [-0.25, -0.2) is 0 Å². The fourth-order valence-electron chi connectivity index (χ4n) is 2.55. The molecule has 4 heteroatoms. The fourth-order valence-corrected chi connectivity index (χ4v) is 2.55. The third kappa shape index (κ3) is 4.46. The molecule has 0 spiro atoms. The first kappa shape index (κ1) is 15.8. The van der Waals surface area contributed by atoms with Gasteiger partial charge in [0.2, 0.25) is 5.91 Å².